The van der Waals surface area contributed by atoms with Gasteiger partial charge in [0.15, 0.2) is 0 Å². The van der Waals surface area contributed by atoms with E-state index in [4.69, 9.17) is 5.73 Å². The average Bonchev–Trinajstić information content (AvgIpc) is 2.46. The van der Waals surface area contributed by atoms with Crippen LogP contribution in [0.3, 0.4) is 0 Å². The van der Waals surface area contributed by atoms with Gasteiger partial charge >= 0.3 is 0 Å². The first-order chi connectivity index (χ1) is 10.0. The summed E-state index contributed by atoms with van der Waals surface area (Å²) in [6.07, 6.45) is 2.59. The third-order valence-corrected chi connectivity index (χ3v) is 4.39. The lowest BCUT2D eigenvalue weighted by atomic mass is 9.90. The molecule has 1 aliphatic heterocycles. The molecule has 1 heterocycles. The number of likely N-dealkylation sites (tertiary alicyclic amines) is 1. The Hall–Kier alpha value is -1.13. The van der Waals surface area contributed by atoms with Crippen molar-refractivity contribution in [3.8, 4) is 0 Å². The van der Waals surface area contributed by atoms with Gasteiger partial charge in [-0.3, -0.25) is 4.79 Å². The lowest BCUT2D eigenvalue weighted by Gasteiger charge is -2.39. The Morgan fingerprint density at radius 1 is 1.50 bits per heavy atom. The van der Waals surface area contributed by atoms with Gasteiger partial charge in [-0.05, 0) is 42.9 Å². The second kappa shape index (κ2) is 8.49. The predicted octanol–water partition coefficient (Wildman–Crippen LogP) is 3.01. The number of carbonyl (C=O) groups is 1. The molecule has 1 aliphatic rings. The molecule has 2 rings (SSSR count). The Morgan fingerprint density at radius 3 is 2.86 bits per heavy atom. The van der Waals surface area contributed by atoms with Crippen LogP contribution in [0, 0.1) is 17.7 Å². The largest absolute Gasteiger partial charge is 0.338 e. The summed E-state index contributed by atoms with van der Waals surface area (Å²) in [4.78, 5) is 14.6. The summed E-state index contributed by atoms with van der Waals surface area (Å²) in [5.41, 5.74) is 6.69. The molecule has 0 bridgehead atoms. The Bertz CT molecular complexity index is 497. The smallest absolute Gasteiger partial charge is 0.226 e. The van der Waals surface area contributed by atoms with E-state index in [1.165, 1.54) is 12.1 Å². The Balaban J connectivity index is 0.00000242. The lowest BCUT2D eigenvalue weighted by Crippen LogP contribution is -2.51. The maximum Gasteiger partial charge on any atom is 0.226 e. The Kier molecular flexibility index (Phi) is 7.30. The van der Waals surface area contributed by atoms with Crippen LogP contribution in [0.15, 0.2) is 24.3 Å². The van der Waals surface area contributed by atoms with Gasteiger partial charge in [0.2, 0.25) is 5.91 Å². The van der Waals surface area contributed by atoms with Crippen LogP contribution in [0.1, 0.15) is 32.3 Å². The second-order valence-electron chi connectivity index (χ2n) is 6.29. The topological polar surface area (TPSA) is 46.3 Å². The highest BCUT2D eigenvalue weighted by atomic mass is 35.5. The third kappa shape index (κ3) is 4.68. The second-order valence-corrected chi connectivity index (χ2v) is 6.29. The number of carbonyl (C=O) groups excluding carboxylic acids is 1. The summed E-state index contributed by atoms with van der Waals surface area (Å²) in [6.45, 7) is 5.43. The molecular weight excluding hydrogens is 303 g/mol. The monoisotopic (exact) mass is 328 g/mol. The van der Waals surface area contributed by atoms with Crippen molar-refractivity contribution in [1.29, 1.82) is 0 Å². The van der Waals surface area contributed by atoms with E-state index in [0.717, 1.165) is 24.9 Å². The molecule has 0 aliphatic carbocycles. The van der Waals surface area contributed by atoms with Crippen LogP contribution in [0.4, 0.5) is 4.39 Å². The number of rotatable bonds is 4. The highest BCUT2D eigenvalue weighted by Crippen LogP contribution is 2.24. The molecule has 0 aromatic heterocycles. The highest BCUT2D eigenvalue weighted by molar-refractivity contribution is 5.85. The number of nitrogens with zero attached hydrogens (tertiary/aromatic N) is 1. The van der Waals surface area contributed by atoms with Crippen molar-refractivity contribution in [3.63, 3.8) is 0 Å². The van der Waals surface area contributed by atoms with Crippen molar-refractivity contribution in [2.24, 2.45) is 17.6 Å². The molecule has 0 saturated carbocycles. The number of nitrogens with two attached hydrogens (primary N) is 1. The summed E-state index contributed by atoms with van der Waals surface area (Å²) in [5, 5.41) is 0. The predicted molar refractivity (Wildman–Crippen MR) is 89.5 cm³/mol. The van der Waals surface area contributed by atoms with E-state index in [-0.39, 0.29) is 36.1 Å². The van der Waals surface area contributed by atoms with E-state index in [1.54, 1.807) is 6.07 Å². The van der Waals surface area contributed by atoms with Crippen LogP contribution in [0.5, 0.6) is 0 Å². The molecule has 22 heavy (non-hydrogen) atoms. The van der Waals surface area contributed by atoms with Gasteiger partial charge in [-0.1, -0.05) is 26.0 Å². The number of hydrogen-bond donors (Lipinski definition) is 1. The molecule has 3 atom stereocenters. The zero-order valence-electron chi connectivity index (χ0n) is 13.3. The van der Waals surface area contributed by atoms with Crippen LogP contribution in [0.2, 0.25) is 0 Å². The fourth-order valence-electron chi connectivity index (χ4n) is 3.15. The minimum atomic E-state index is -0.251. The van der Waals surface area contributed by atoms with E-state index in [9.17, 15) is 9.18 Å². The summed E-state index contributed by atoms with van der Waals surface area (Å²) in [5.74, 6) is 0.371. The van der Waals surface area contributed by atoms with Crippen molar-refractivity contribution < 1.29 is 9.18 Å². The maximum absolute atomic E-state index is 13.2. The van der Waals surface area contributed by atoms with Gasteiger partial charge in [0.1, 0.15) is 5.82 Å². The summed E-state index contributed by atoms with van der Waals surface area (Å²) in [7, 11) is 0. The first kappa shape index (κ1) is 18.9. The molecule has 3 unspecified atom stereocenters. The Labute approximate surface area is 138 Å². The molecule has 124 valence electrons. The van der Waals surface area contributed by atoms with Crippen LogP contribution >= 0.6 is 12.4 Å². The van der Waals surface area contributed by atoms with Crippen LogP contribution in [-0.2, 0) is 11.2 Å². The summed E-state index contributed by atoms with van der Waals surface area (Å²) >= 11 is 0. The van der Waals surface area contributed by atoms with E-state index in [1.807, 2.05) is 17.9 Å². The van der Waals surface area contributed by atoms with Gasteiger partial charge < -0.3 is 10.6 Å². The zero-order valence-corrected chi connectivity index (χ0v) is 14.1. The van der Waals surface area contributed by atoms with Gasteiger partial charge in [0.25, 0.3) is 0 Å². The van der Waals surface area contributed by atoms with Crippen LogP contribution in [-0.4, -0.2) is 29.9 Å². The van der Waals surface area contributed by atoms with Gasteiger partial charge in [-0.15, -0.1) is 12.4 Å². The first-order valence-corrected chi connectivity index (χ1v) is 7.76. The van der Waals surface area contributed by atoms with Crippen molar-refractivity contribution >= 4 is 18.3 Å². The van der Waals surface area contributed by atoms with Gasteiger partial charge in [0, 0.05) is 25.0 Å². The standard InChI is InChI=1S/C17H25FN2O.ClH/c1-12-6-7-20(16(8-12)11-19)17(21)13(2)9-14-4-3-5-15(18)10-14;/h3-5,10,12-13,16H,6-9,11,19H2,1-2H3;1H. The normalized spacial score (nSPS) is 22.8. The molecular formula is C17H26ClFN2O. The molecule has 1 aromatic carbocycles. The molecule has 3 nitrogen and oxygen atoms in total. The molecule has 1 fully saturated rings. The molecule has 0 radical (unpaired) electrons. The molecule has 1 saturated heterocycles. The number of amides is 1. The van der Waals surface area contributed by atoms with Crippen molar-refractivity contribution in [3.05, 3.63) is 35.6 Å². The first-order valence-electron chi connectivity index (χ1n) is 7.76. The molecule has 5 heteroatoms. The van der Waals surface area contributed by atoms with Gasteiger partial charge in [-0.2, -0.15) is 0 Å². The van der Waals surface area contributed by atoms with E-state index < -0.39 is 0 Å². The number of piperidine rings is 1. The van der Waals surface area contributed by atoms with Crippen molar-refractivity contribution in [2.45, 2.75) is 39.2 Å². The average molecular weight is 329 g/mol. The van der Waals surface area contributed by atoms with E-state index in [0.29, 0.717) is 18.9 Å². The van der Waals surface area contributed by atoms with E-state index >= 15 is 0 Å². The minimum absolute atomic E-state index is 0. The molecule has 2 N–H and O–H groups in total. The zero-order chi connectivity index (χ0) is 15.4. The SMILES string of the molecule is CC1CCN(C(=O)C(C)Cc2cccc(F)c2)C(CN)C1.Cl. The van der Waals surface area contributed by atoms with Crippen LogP contribution < -0.4 is 5.73 Å². The fraction of sp³-hybridized carbons (Fsp3) is 0.588. The lowest BCUT2D eigenvalue weighted by molar-refractivity contribution is -0.139. The summed E-state index contributed by atoms with van der Waals surface area (Å²) in [6, 6.07) is 6.63. The number of halogens is 2. The quantitative estimate of drug-likeness (QED) is 0.923. The highest BCUT2D eigenvalue weighted by Gasteiger charge is 2.31. The molecule has 0 spiro atoms. The third-order valence-electron chi connectivity index (χ3n) is 4.39. The maximum atomic E-state index is 13.2. The molecule has 1 aromatic rings. The van der Waals surface area contributed by atoms with Gasteiger partial charge in [-0.25, -0.2) is 4.39 Å². The summed E-state index contributed by atoms with van der Waals surface area (Å²) < 4.78 is 13.2. The van der Waals surface area contributed by atoms with Crippen molar-refractivity contribution in [1.82, 2.24) is 4.90 Å². The Morgan fingerprint density at radius 2 is 2.23 bits per heavy atom. The number of benzene rings is 1. The number of hydrogen-bond acceptors (Lipinski definition) is 2. The van der Waals surface area contributed by atoms with Gasteiger partial charge in [0.05, 0.1) is 0 Å². The fourth-order valence-corrected chi connectivity index (χ4v) is 3.15. The van der Waals surface area contributed by atoms with E-state index in [2.05, 4.69) is 6.92 Å². The molecule has 1 amide bonds. The minimum Gasteiger partial charge on any atom is -0.338 e. The van der Waals surface area contributed by atoms with Crippen molar-refractivity contribution in [2.75, 3.05) is 13.1 Å². The van der Waals surface area contributed by atoms with Crippen LogP contribution in [0.25, 0.3) is 0 Å².